The van der Waals surface area contributed by atoms with Gasteiger partial charge < -0.3 is 9.64 Å². The zero-order valence-electron chi connectivity index (χ0n) is 11.7. The molecule has 0 aliphatic heterocycles. The Bertz CT molecular complexity index is 506. The summed E-state index contributed by atoms with van der Waals surface area (Å²) in [5.74, 6) is -0.187. The molecule has 0 aromatic heterocycles. The van der Waals surface area contributed by atoms with E-state index in [2.05, 4.69) is 0 Å². The summed E-state index contributed by atoms with van der Waals surface area (Å²) < 4.78 is 5.28. The highest BCUT2D eigenvalue weighted by molar-refractivity contribution is 6.40. The molecule has 0 bridgehead atoms. The standard InChI is InChI=1S/C14H19NO3/c1-8-7-12(18-6)9(2)10(3)13(8)15(5)14(17)11(4)16/h7H,1-6H3. The van der Waals surface area contributed by atoms with E-state index >= 15 is 0 Å². The third-order valence-electron chi connectivity index (χ3n) is 3.17. The van der Waals surface area contributed by atoms with Crippen molar-refractivity contribution in [1.29, 1.82) is 0 Å². The Balaban J connectivity index is 3.38. The largest absolute Gasteiger partial charge is 0.496 e. The van der Waals surface area contributed by atoms with Gasteiger partial charge in [0.15, 0.2) is 0 Å². The van der Waals surface area contributed by atoms with E-state index in [1.54, 1.807) is 14.2 Å². The molecule has 4 heteroatoms. The zero-order chi connectivity index (χ0) is 14.0. The number of nitrogens with zero attached hydrogens (tertiary/aromatic N) is 1. The van der Waals surface area contributed by atoms with Gasteiger partial charge in [0.2, 0.25) is 5.78 Å². The predicted molar refractivity (Wildman–Crippen MR) is 71.3 cm³/mol. The third-order valence-corrected chi connectivity index (χ3v) is 3.17. The van der Waals surface area contributed by atoms with Gasteiger partial charge in [-0.2, -0.15) is 0 Å². The smallest absolute Gasteiger partial charge is 0.293 e. The first-order chi connectivity index (χ1) is 8.31. The lowest BCUT2D eigenvalue weighted by atomic mass is 10.0. The number of ketones is 1. The van der Waals surface area contributed by atoms with Crippen LogP contribution < -0.4 is 9.64 Å². The molecule has 0 saturated carbocycles. The first-order valence-electron chi connectivity index (χ1n) is 5.74. The number of carbonyl (C=O) groups is 2. The third kappa shape index (κ3) is 2.37. The summed E-state index contributed by atoms with van der Waals surface area (Å²) in [5, 5.41) is 0. The molecule has 98 valence electrons. The summed E-state index contributed by atoms with van der Waals surface area (Å²) in [6.45, 7) is 7.03. The van der Waals surface area contributed by atoms with E-state index in [0.717, 1.165) is 28.1 Å². The second kappa shape index (κ2) is 5.21. The number of aryl methyl sites for hydroxylation is 1. The Labute approximate surface area is 108 Å². The van der Waals surface area contributed by atoms with Gasteiger partial charge in [-0.15, -0.1) is 0 Å². The molecule has 0 aliphatic carbocycles. The van der Waals surface area contributed by atoms with Crippen molar-refractivity contribution in [3.63, 3.8) is 0 Å². The van der Waals surface area contributed by atoms with Crippen molar-refractivity contribution >= 4 is 17.4 Å². The Morgan fingerprint density at radius 3 is 2.17 bits per heavy atom. The molecular weight excluding hydrogens is 230 g/mol. The lowest BCUT2D eigenvalue weighted by Gasteiger charge is -2.23. The number of likely N-dealkylation sites (N-methyl/N-ethyl adjacent to an activating group) is 1. The number of methoxy groups -OCH3 is 1. The van der Waals surface area contributed by atoms with Crippen LogP contribution in [0.5, 0.6) is 5.75 Å². The highest BCUT2D eigenvalue weighted by Gasteiger charge is 2.21. The molecule has 1 amide bonds. The van der Waals surface area contributed by atoms with Gasteiger partial charge >= 0.3 is 0 Å². The zero-order valence-corrected chi connectivity index (χ0v) is 11.7. The number of Topliss-reactive ketones (excluding diaryl/α,β-unsaturated/α-hetero) is 1. The summed E-state index contributed by atoms with van der Waals surface area (Å²) in [5.41, 5.74) is 3.60. The molecule has 1 aromatic rings. The first kappa shape index (κ1) is 14.2. The topological polar surface area (TPSA) is 46.6 Å². The summed E-state index contributed by atoms with van der Waals surface area (Å²) in [4.78, 5) is 24.3. The average molecular weight is 249 g/mol. The number of amides is 1. The maximum absolute atomic E-state index is 11.8. The van der Waals surface area contributed by atoms with Crippen molar-refractivity contribution in [3.05, 3.63) is 22.8 Å². The number of anilines is 1. The van der Waals surface area contributed by atoms with Gasteiger partial charge in [-0.05, 0) is 43.5 Å². The second-order valence-corrected chi connectivity index (χ2v) is 4.41. The number of carbonyl (C=O) groups excluding carboxylic acids is 2. The van der Waals surface area contributed by atoms with Crippen LogP contribution in [0.2, 0.25) is 0 Å². The normalized spacial score (nSPS) is 10.1. The van der Waals surface area contributed by atoms with Crippen molar-refractivity contribution < 1.29 is 14.3 Å². The van der Waals surface area contributed by atoms with Crippen molar-refractivity contribution in [3.8, 4) is 5.75 Å². The first-order valence-corrected chi connectivity index (χ1v) is 5.74. The summed E-state index contributed by atoms with van der Waals surface area (Å²) in [6, 6.07) is 1.88. The van der Waals surface area contributed by atoms with E-state index in [0.29, 0.717) is 0 Å². The molecule has 1 aromatic carbocycles. The minimum absolute atomic E-state index is 0.468. The monoisotopic (exact) mass is 249 g/mol. The van der Waals surface area contributed by atoms with Gasteiger partial charge in [0, 0.05) is 14.0 Å². The van der Waals surface area contributed by atoms with Crippen LogP contribution in [-0.2, 0) is 9.59 Å². The maximum atomic E-state index is 11.8. The summed E-state index contributed by atoms with van der Waals surface area (Å²) >= 11 is 0. The van der Waals surface area contributed by atoms with Gasteiger partial charge in [-0.1, -0.05) is 0 Å². The van der Waals surface area contributed by atoms with E-state index in [4.69, 9.17) is 4.74 Å². The van der Waals surface area contributed by atoms with Gasteiger partial charge in [0.25, 0.3) is 5.91 Å². The maximum Gasteiger partial charge on any atom is 0.293 e. The second-order valence-electron chi connectivity index (χ2n) is 4.41. The molecule has 0 saturated heterocycles. The van der Waals surface area contributed by atoms with E-state index in [1.165, 1.54) is 11.8 Å². The number of rotatable bonds is 3. The SMILES string of the molecule is COc1cc(C)c(N(C)C(=O)C(C)=O)c(C)c1C. The molecule has 0 N–H and O–H groups in total. The quantitative estimate of drug-likeness (QED) is 0.771. The molecule has 18 heavy (non-hydrogen) atoms. The Morgan fingerprint density at radius 1 is 1.17 bits per heavy atom. The van der Waals surface area contributed by atoms with Gasteiger partial charge in [0.1, 0.15) is 5.75 Å². The van der Waals surface area contributed by atoms with Crippen LogP contribution in [0.15, 0.2) is 6.07 Å². The molecule has 0 atom stereocenters. The van der Waals surface area contributed by atoms with Crippen LogP contribution in [0.1, 0.15) is 23.6 Å². The number of hydrogen-bond donors (Lipinski definition) is 0. The van der Waals surface area contributed by atoms with E-state index in [1.807, 2.05) is 26.8 Å². The highest BCUT2D eigenvalue weighted by atomic mass is 16.5. The fourth-order valence-corrected chi connectivity index (χ4v) is 2.10. The Kier molecular flexibility index (Phi) is 4.11. The average Bonchev–Trinajstić information content (AvgIpc) is 2.32. The summed E-state index contributed by atoms with van der Waals surface area (Å²) in [6.07, 6.45) is 0. The molecule has 0 heterocycles. The molecule has 0 fully saturated rings. The minimum atomic E-state index is -0.509. The van der Waals surface area contributed by atoms with Gasteiger partial charge in [-0.3, -0.25) is 9.59 Å². The fraction of sp³-hybridized carbons (Fsp3) is 0.429. The summed E-state index contributed by atoms with van der Waals surface area (Å²) in [7, 11) is 3.23. The molecule has 1 rings (SSSR count). The van der Waals surface area contributed by atoms with Crippen LogP contribution in [0.4, 0.5) is 5.69 Å². The predicted octanol–water partition coefficient (Wildman–Crippen LogP) is 2.17. The lowest BCUT2D eigenvalue weighted by Crippen LogP contribution is -2.32. The Morgan fingerprint density at radius 2 is 1.72 bits per heavy atom. The number of benzene rings is 1. The lowest BCUT2D eigenvalue weighted by molar-refractivity contribution is -0.134. The molecule has 0 radical (unpaired) electrons. The van der Waals surface area contributed by atoms with Crippen molar-refractivity contribution in [2.24, 2.45) is 0 Å². The fourth-order valence-electron chi connectivity index (χ4n) is 2.10. The van der Waals surface area contributed by atoms with E-state index in [-0.39, 0.29) is 0 Å². The Hall–Kier alpha value is -1.84. The van der Waals surface area contributed by atoms with E-state index < -0.39 is 11.7 Å². The molecule has 0 spiro atoms. The van der Waals surface area contributed by atoms with Gasteiger partial charge in [-0.25, -0.2) is 0 Å². The van der Waals surface area contributed by atoms with Crippen LogP contribution in [0.3, 0.4) is 0 Å². The van der Waals surface area contributed by atoms with Gasteiger partial charge in [0.05, 0.1) is 12.8 Å². The minimum Gasteiger partial charge on any atom is -0.496 e. The molecule has 0 aliphatic rings. The highest BCUT2D eigenvalue weighted by Crippen LogP contribution is 2.33. The van der Waals surface area contributed by atoms with Crippen molar-refractivity contribution in [2.45, 2.75) is 27.7 Å². The molecule has 4 nitrogen and oxygen atoms in total. The molecule has 0 unspecified atom stereocenters. The van der Waals surface area contributed by atoms with Crippen LogP contribution in [-0.4, -0.2) is 25.8 Å². The number of ether oxygens (including phenoxy) is 1. The van der Waals surface area contributed by atoms with Crippen LogP contribution in [0, 0.1) is 20.8 Å². The van der Waals surface area contributed by atoms with Crippen molar-refractivity contribution in [1.82, 2.24) is 0 Å². The van der Waals surface area contributed by atoms with Crippen LogP contribution >= 0.6 is 0 Å². The van der Waals surface area contributed by atoms with E-state index in [9.17, 15) is 9.59 Å². The number of hydrogen-bond acceptors (Lipinski definition) is 3. The van der Waals surface area contributed by atoms with Crippen LogP contribution in [0.25, 0.3) is 0 Å². The molecular formula is C14H19NO3. The van der Waals surface area contributed by atoms with Crippen molar-refractivity contribution in [2.75, 3.05) is 19.1 Å².